The summed E-state index contributed by atoms with van der Waals surface area (Å²) in [6, 6.07) is 1.49. The maximum absolute atomic E-state index is 12.7. The van der Waals surface area contributed by atoms with E-state index in [-0.39, 0.29) is 35.0 Å². The molecule has 0 spiro atoms. The summed E-state index contributed by atoms with van der Waals surface area (Å²) in [6.45, 7) is 1.15. The summed E-state index contributed by atoms with van der Waals surface area (Å²) in [5.74, 6) is -0.483. The number of carbonyl (C=O) groups is 2. The zero-order chi connectivity index (χ0) is 19.4. The smallest absolute Gasteiger partial charge is 0.270 e. The molecule has 150 valence electrons. The van der Waals surface area contributed by atoms with Crippen LogP contribution in [0.4, 0.5) is 0 Å². The van der Waals surface area contributed by atoms with Gasteiger partial charge in [-0.05, 0) is 31.7 Å². The van der Waals surface area contributed by atoms with E-state index >= 15 is 0 Å². The zero-order valence-electron chi connectivity index (χ0n) is 15.7. The number of likely N-dealkylation sites (N-methyl/N-ethyl adjacent to an activating group) is 1. The van der Waals surface area contributed by atoms with Gasteiger partial charge in [0.25, 0.3) is 5.91 Å². The molecule has 0 unspecified atom stereocenters. The maximum Gasteiger partial charge on any atom is 0.270 e. The number of hydrogen-bond acceptors (Lipinski definition) is 4. The van der Waals surface area contributed by atoms with Crippen LogP contribution in [-0.4, -0.2) is 67.1 Å². The van der Waals surface area contributed by atoms with Gasteiger partial charge in [-0.25, -0.2) is 8.42 Å². The van der Waals surface area contributed by atoms with Gasteiger partial charge in [-0.15, -0.1) is 0 Å². The predicted molar refractivity (Wildman–Crippen MR) is 101 cm³/mol. The molecule has 0 atom stereocenters. The summed E-state index contributed by atoms with van der Waals surface area (Å²) in [7, 11) is -2.46. The number of hydrogen-bond donors (Lipinski definition) is 2. The molecule has 9 heteroatoms. The lowest BCUT2D eigenvalue weighted by Crippen LogP contribution is -2.43. The Hall–Kier alpha value is -1.87. The van der Waals surface area contributed by atoms with E-state index in [4.69, 9.17) is 0 Å². The molecule has 8 nitrogen and oxygen atoms in total. The van der Waals surface area contributed by atoms with E-state index in [0.717, 1.165) is 42.8 Å². The average molecular weight is 397 g/mol. The third-order valence-electron chi connectivity index (χ3n) is 5.32. The Morgan fingerprint density at radius 2 is 1.85 bits per heavy atom. The number of aromatic amines is 1. The van der Waals surface area contributed by atoms with Gasteiger partial charge < -0.3 is 15.2 Å². The Bertz CT molecular complexity index is 777. The lowest BCUT2D eigenvalue weighted by atomic mass is 9.95. The fraction of sp³-hybridized carbons (Fsp3) is 0.667. The monoisotopic (exact) mass is 396 g/mol. The number of likely N-dealkylation sites (tertiary alicyclic amines) is 1. The van der Waals surface area contributed by atoms with Gasteiger partial charge in [0.15, 0.2) is 0 Å². The van der Waals surface area contributed by atoms with Crippen LogP contribution in [0, 0.1) is 0 Å². The minimum Gasteiger partial charge on any atom is -0.356 e. The first kappa shape index (κ1) is 19.9. The third kappa shape index (κ3) is 4.70. The van der Waals surface area contributed by atoms with Gasteiger partial charge in [0, 0.05) is 32.4 Å². The van der Waals surface area contributed by atoms with Crippen LogP contribution in [0.1, 0.15) is 55.4 Å². The first-order valence-electron chi connectivity index (χ1n) is 9.61. The molecular formula is C18H28N4O4S. The number of amides is 2. The van der Waals surface area contributed by atoms with Crippen molar-refractivity contribution in [1.82, 2.24) is 19.5 Å². The van der Waals surface area contributed by atoms with E-state index in [0.29, 0.717) is 13.1 Å². The van der Waals surface area contributed by atoms with Crippen LogP contribution in [0.5, 0.6) is 0 Å². The highest BCUT2D eigenvalue weighted by Crippen LogP contribution is 2.19. The highest BCUT2D eigenvalue weighted by Gasteiger charge is 2.28. The summed E-state index contributed by atoms with van der Waals surface area (Å²) < 4.78 is 26.5. The van der Waals surface area contributed by atoms with Crippen LogP contribution in [0.15, 0.2) is 17.2 Å². The topological polar surface area (TPSA) is 103 Å². The molecule has 2 aliphatic rings. The number of nitrogens with one attached hydrogen (secondary N) is 2. The van der Waals surface area contributed by atoms with Crippen LogP contribution in [0.3, 0.4) is 0 Å². The van der Waals surface area contributed by atoms with Crippen molar-refractivity contribution in [2.45, 2.75) is 55.9 Å². The molecule has 1 aromatic heterocycles. The van der Waals surface area contributed by atoms with Crippen LogP contribution < -0.4 is 5.32 Å². The molecule has 27 heavy (non-hydrogen) atoms. The van der Waals surface area contributed by atoms with Crippen molar-refractivity contribution >= 4 is 21.8 Å². The molecule has 2 fully saturated rings. The van der Waals surface area contributed by atoms with Gasteiger partial charge in [0.05, 0.1) is 6.54 Å². The lowest BCUT2D eigenvalue weighted by Gasteiger charge is -2.24. The molecule has 3 rings (SSSR count). The van der Waals surface area contributed by atoms with Crippen molar-refractivity contribution in [3.8, 4) is 0 Å². The van der Waals surface area contributed by atoms with E-state index < -0.39 is 10.0 Å². The predicted octanol–water partition coefficient (Wildman–Crippen LogP) is 1.32. The molecule has 0 bridgehead atoms. The first-order chi connectivity index (χ1) is 12.9. The van der Waals surface area contributed by atoms with Gasteiger partial charge in [-0.1, -0.05) is 19.3 Å². The van der Waals surface area contributed by atoms with Gasteiger partial charge in [-0.2, -0.15) is 4.31 Å². The van der Waals surface area contributed by atoms with Crippen molar-refractivity contribution in [2.75, 3.05) is 26.7 Å². The van der Waals surface area contributed by atoms with Crippen molar-refractivity contribution < 1.29 is 18.0 Å². The average Bonchev–Trinajstić information content (AvgIpc) is 3.34. The van der Waals surface area contributed by atoms with E-state index in [1.807, 2.05) is 0 Å². The summed E-state index contributed by atoms with van der Waals surface area (Å²) in [4.78, 5) is 29.1. The van der Waals surface area contributed by atoms with E-state index in [1.165, 1.54) is 25.7 Å². The lowest BCUT2D eigenvalue weighted by molar-refractivity contribution is -0.122. The van der Waals surface area contributed by atoms with Crippen LogP contribution in [0.2, 0.25) is 0 Å². The molecule has 2 N–H and O–H groups in total. The Labute approximate surface area is 160 Å². The maximum atomic E-state index is 12.7. The summed E-state index contributed by atoms with van der Waals surface area (Å²) in [6.07, 6.45) is 8.52. The molecule has 0 radical (unpaired) electrons. The minimum atomic E-state index is -3.84. The number of H-pyrrole nitrogens is 1. The molecule has 2 heterocycles. The van der Waals surface area contributed by atoms with Crippen LogP contribution in [-0.2, 0) is 14.8 Å². The van der Waals surface area contributed by atoms with Crippen molar-refractivity contribution in [3.05, 3.63) is 18.0 Å². The van der Waals surface area contributed by atoms with Crippen LogP contribution >= 0.6 is 0 Å². The minimum absolute atomic E-state index is 0.00184. The number of sulfonamides is 1. The molecule has 1 aliphatic carbocycles. The van der Waals surface area contributed by atoms with Crippen molar-refractivity contribution in [1.29, 1.82) is 0 Å². The van der Waals surface area contributed by atoms with Crippen molar-refractivity contribution in [3.63, 3.8) is 0 Å². The molecule has 1 aliphatic heterocycles. The van der Waals surface area contributed by atoms with Gasteiger partial charge >= 0.3 is 0 Å². The molecular weight excluding hydrogens is 368 g/mol. The third-order valence-corrected chi connectivity index (χ3v) is 7.11. The first-order valence-corrected chi connectivity index (χ1v) is 11.1. The highest BCUT2D eigenvalue weighted by molar-refractivity contribution is 7.89. The van der Waals surface area contributed by atoms with E-state index in [2.05, 4.69) is 10.3 Å². The summed E-state index contributed by atoms with van der Waals surface area (Å²) in [5.41, 5.74) is 0.260. The summed E-state index contributed by atoms with van der Waals surface area (Å²) in [5, 5.41) is 2.92. The summed E-state index contributed by atoms with van der Waals surface area (Å²) >= 11 is 0. The molecule has 2 amide bonds. The number of rotatable bonds is 6. The Kier molecular flexibility index (Phi) is 6.21. The standard InChI is InChI=1S/C18H28N4O4S/c1-21(13-17(23)20-14-7-3-2-4-8-14)27(25,26)15-11-16(19-12-15)18(24)22-9-5-6-10-22/h11-12,14,19H,2-10,13H2,1H3,(H,20,23). The second kappa shape index (κ2) is 8.43. The second-order valence-electron chi connectivity index (χ2n) is 7.41. The Balaban J connectivity index is 1.61. The molecule has 1 saturated carbocycles. The van der Waals surface area contributed by atoms with Gasteiger partial charge in [-0.3, -0.25) is 9.59 Å². The largest absolute Gasteiger partial charge is 0.356 e. The fourth-order valence-electron chi connectivity index (χ4n) is 3.72. The Morgan fingerprint density at radius 1 is 1.19 bits per heavy atom. The van der Waals surface area contributed by atoms with Gasteiger partial charge in [0.2, 0.25) is 15.9 Å². The number of carbonyl (C=O) groups excluding carboxylic acids is 2. The Morgan fingerprint density at radius 3 is 2.52 bits per heavy atom. The van der Waals surface area contributed by atoms with E-state index in [9.17, 15) is 18.0 Å². The SMILES string of the molecule is CN(CC(=O)NC1CCCCC1)S(=O)(=O)c1c[nH]c(C(=O)N2CCCC2)c1. The second-order valence-corrected chi connectivity index (χ2v) is 9.46. The number of nitrogens with zero attached hydrogens (tertiary/aromatic N) is 2. The fourth-order valence-corrected chi connectivity index (χ4v) is 4.85. The van der Waals surface area contributed by atoms with Crippen LogP contribution in [0.25, 0.3) is 0 Å². The van der Waals surface area contributed by atoms with E-state index in [1.54, 1.807) is 4.90 Å². The zero-order valence-corrected chi connectivity index (χ0v) is 16.6. The number of aromatic nitrogens is 1. The molecule has 0 aromatic carbocycles. The van der Waals surface area contributed by atoms with Crippen molar-refractivity contribution in [2.24, 2.45) is 0 Å². The molecule has 1 aromatic rings. The highest BCUT2D eigenvalue weighted by atomic mass is 32.2. The van der Waals surface area contributed by atoms with Gasteiger partial charge in [0.1, 0.15) is 10.6 Å². The quantitative estimate of drug-likeness (QED) is 0.757. The normalized spacial score (nSPS) is 18.8. The molecule has 1 saturated heterocycles.